The van der Waals surface area contributed by atoms with Gasteiger partial charge in [0.15, 0.2) is 0 Å². The Morgan fingerprint density at radius 3 is 2.75 bits per heavy atom. The first kappa shape index (κ1) is 5.98. The molecule has 0 aliphatic heterocycles. The lowest BCUT2D eigenvalue weighted by molar-refractivity contribution is 1.14. The molecular weight excluding hydrogens is 191 g/mol. The minimum absolute atomic E-state index is 0.263. The highest BCUT2D eigenvalue weighted by molar-refractivity contribution is 9.10. The average Bonchev–Trinajstić information content (AvgIpc) is 1.64. The number of hydrogen-bond donors (Lipinski definition) is 0. The van der Waals surface area contributed by atoms with Gasteiger partial charge in [-0.3, -0.25) is 0 Å². The zero-order chi connectivity index (χ0) is 5.98. The van der Waals surface area contributed by atoms with E-state index in [1.807, 2.05) is 0 Å². The van der Waals surface area contributed by atoms with Crippen LogP contribution in [0.2, 0.25) is 5.28 Å². The van der Waals surface area contributed by atoms with E-state index in [1.54, 1.807) is 12.3 Å². The van der Waals surface area contributed by atoms with Gasteiger partial charge < -0.3 is 0 Å². The summed E-state index contributed by atoms with van der Waals surface area (Å²) < 4.78 is 0.706. The van der Waals surface area contributed by atoms with Crippen molar-refractivity contribution in [2.75, 3.05) is 0 Å². The fourth-order valence-electron chi connectivity index (χ4n) is 0.315. The summed E-state index contributed by atoms with van der Waals surface area (Å²) in [5, 5.41) is 0.263. The average molecular weight is 193 g/mol. The van der Waals surface area contributed by atoms with E-state index in [2.05, 4.69) is 25.9 Å². The Kier molecular flexibility index (Phi) is 1.81. The van der Waals surface area contributed by atoms with Crippen LogP contribution in [0, 0.1) is 0 Å². The number of halogens is 2. The van der Waals surface area contributed by atoms with Crippen molar-refractivity contribution in [3.63, 3.8) is 0 Å². The molecule has 0 aliphatic carbocycles. The van der Waals surface area contributed by atoms with E-state index in [9.17, 15) is 0 Å². The second kappa shape index (κ2) is 2.42. The van der Waals surface area contributed by atoms with E-state index in [0.29, 0.717) is 4.60 Å². The van der Waals surface area contributed by atoms with E-state index < -0.39 is 0 Å². The minimum atomic E-state index is 0.263. The normalized spacial score (nSPS) is 9.25. The summed E-state index contributed by atoms with van der Waals surface area (Å²) in [7, 11) is 0. The fourth-order valence-corrected chi connectivity index (χ4v) is 0.850. The first-order valence-corrected chi connectivity index (χ1v) is 3.10. The molecule has 0 saturated carbocycles. The molecule has 0 radical (unpaired) electrons. The van der Waals surface area contributed by atoms with E-state index in [1.165, 1.54) is 0 Å². The molecular formula is C4H2BrClN2. The van der Waals surface area contributed by atoms with Gasteiger partial charge in [-0.2, -0.15) is 0 Å². The summed E-state index contributed by atoms with van der Waals surface area (Å²) in [5.41, 5.74) is 0. The predicted molar refractivity (Wildman–Crippen MR) is 34.7 cm³/mol. The summed E-state index contributed by atoms with van der Waals surface area (Å²) in [6.07, 6.45) is 1.58. The van der Waals surface area contributed by atoms with E-state index in [-0.39, 0.29) is 5.28 Å². The van der Waals surface area contributed by atoms with Gasteiger partial charge in [0, 0.05) is 6.20 Å². The molecule has 1 aromatic rings. The summed E-state index contributed by atoms with van der Waals surface area (Å²) >= 11 is 8.52. The molecule has 0 N–H and O–H groups in total. The summed E-state index contributed by atoms with van der Waals surface area (Å²) in [5.74, 6) is 0. The predicted octanol–water partition coefficient (Wildman–Crippen LogP) is 1.89. The van der Waals surface area contributed by atoms with Crippen molar-refractivity contribution >= 4 is 27.5 Å². The number of aromatic nitrogens is 2. The molecule has 4 heteroatoms. The summed E-state index contributed by atoms with van der Waals surface area (Å²) in [4.78, 5) is 7.41. The largest absolute Gasteiger partial charge is 0.226 e. The molecule has 0 bridgehead atoms. The third-order valence-electron chi connectivity index (χ3n) is 0.592. The number of nitrogens with zero attached hydrogens (tertiary/aromatic N) is 2. The Bertz CT molecular complexity index is 174. The molecule has 0 amide bonds. The lowest BCUT2D eigenvalue weighted by Gasteiger charge is -1.85. The van der Waals surface area contributed by atoms with Crippen LogP contribution in [-0.4, -0.2) is 9.97 Å². The zero-order valence-corrected chi connectivity index (χ0v) is 6.15. The number of hydrogen-bond acceptors (Lipinski definition) is 2. The van der Waals surface area contributed by atoms with E-state index >= 15 is 0 Å². The minimum Gasteiger partial charge on any atom is -0.226 e. The van der Waals surface area contributed by atoms with Crippen molar-refractivity contribution in [3.05, 3.63) is 22.1 Å². The van der Waals surface area contributed by atoms with Crippen LogP contribution in [0.15, 0.2) is 16.9 Å². The van der Waals surface area contributed by atoms with Gasteiger partial charge in [0.25, 0.3) is 0 Å². The van der Waals surface area contributed by atoms with Gasteiger partial charge >= 0.3 is 0 Å². The van der Waals surface area contributed by atoms with Crippen LogP contribution in [0.4, 0.5) is 0 Å². The van der Waals surface area contributed by atoms with Gasteiger partial charge in [-0.05, 0) is 33.6 Å². The lowest BCUT2D eigenvalue weighted by atomic mass is 10.7. The number of rotatable bonds is 0. The highest BCUT2D eigenvalue weighted by Crippen LogP contribution is 2.05. The molecule has 1 aromatic heterocycles. The molecule has 1 heterocycles. The molecule has 42 valence electrons. The third kappa shape index (κ3) is 1.42. The maximum absolute atomic E-state index is 5.39. The Morgan fingerprint density at radius 2 is 2.38 bits per heavy atom. The maximum atomic E-state index is 5.39. The van der Waals surface area contributed by atoms with Crippen LogP contribution in [-0.2, 0) is 0 Å². The first-order valence-electron chi connectivity index (χ1n) is 1.93. The molecule has 8 heavy (non-hydrogen) atoms. The van der Waals surface area contributed by atoms with Crippen LogP contribution >= 0.6 is 27.5 Å². The van der Waals surface area contributed by atoms with E-state index in [0.717, 1.165) is 0 Å². The topological polar surface area (TPSA) is 25.8 Å². The molecule has 0 aliphatic rings. The maximum Gasteiger partial charge on any atom is 0.223 e. The Morgan fingerprint density at radius 1 is 1.62 bits per heavy atom. The monoisotopic (exact) mass is 192 g/mol. The quantitative estimate of drug-likeness (QED) is 0.464. The Balaban J connectivity index is 3.08. The van der Waals surface area contributed by atoms with Crippen LogP contribution in [0.25, 0.3) is 0 Å². The highest BCUT2D eigenvalue weighted by Gasteiger charge is 1.87. The van der Waals surface area contributed by atoms with Crippen molar-refractivity contribution in [1.82, 2.24) is 9.97 Å². The van der Waals surface area contributed by atoms with Crippen molar-refractivity contribution in [3.8, 4) is 0 Å². The molecule has 0 unspecified atom stereocenters. The molecule has 0 atom stereocenters. The van der Waals surface area contributed by atoms with Crippen LogP contribution in [0.3, 0.4) is 0 Å². The Hall–Kier alpha value is -0.150. The molecule has 2 nitrogen and oxygen atoms in total. The van der Waals surface area contributed by atoms with Crippen LogP contribution < -0.4 is 0 Å². The second-order valence-electron chi connectivity index (χ2n) is 1.15. The molecule has 0 saturated heterocycles. The van der Waals surface area contributed by atoms with Crippen molar-refractivity contribution in [2.45, 2.75) is 0 Å². The lowest BCUT2D eigenvalue weighted by Crippen LogP contribution is -1.78. The SMILES string of the molecule is Clc1nccc(Br)n1. The molecule has 0 aromatic carbocycles. The molecule has 0 fully saturated rings. The second-order valence-corrected chi connectivity index (χ2v) is 2.30. The van der Waals surface area contributed by atoms with Crippen LogP contribution in [0.5, 0.6) is 0 Å². The summed E-state index contributed by atoms with van der Waals surface area (Å²) in [6, 6.07) is 1.71. The van der Waals surface area contributed by atoms with Gasteiger partial charge in [0.05, 0.1) is 0 Å². The fraction of sp³-hybridized carbons (Fsp3) is 0. The zero-order valence-electron chi connectivity index (χ0n) is 3.81. The highest BCUT2D eigenvalue weighted by atomic mass is 79.9. The van der Waals surface area contributed by atoms with Gasteiger partial charge in [0.2, 0.25) is 5.28 Å². The third-order valence-corrected chi connectivity index (χ3v) is 1.22. The van der Waals surface area contributed by atoms with Crippen LogP contribution in [0.1, 0.15) is 0 Å². The van der Waals surface area contributed by atoms with Crippen molar-refractivity contribution in [1.29, 1.82) is 0 Å². The Labute approximate surface area is 60.0 Å². The van der Waals surface area contributed by atoms with Crippen molar-refractivity contribution < 1.29 is 0 Å². The van der Waals surface area contributed by atoms with Gasteiger partial charge in [-0.15, -0.1) is 0 Å². The van der Waals surface area contributed by atoms with Crippen molar-refractivity contribution in [2.24, 2.45) is 0 Å². The standard InChI is InChI=1S/C4H2BrClN2/c5-3-1-2-7-4(6)8-3/h1-2H. The van der Waals surface area contributed by atoms with Gasteiger partial charge in [-0.1, -0.05) is 0 Å². The van der Waals surface area contributed by atoms with Gasteiger partial charge in [-0.25, -0.2) is 9.97 Å². The first-order chi connectivity index (χ1) is 3.79. The summed E-state index contributed by atoms with van der Waals surface area (Å²) in [6.45, 7) is 0. The van der Waals surface area contributed by atoms with Gasteiger partial charge in [0.1, 0.15) is 4.60 Å². The molecule has 1 rings (SSSR count). The smallest absolute Gasteiger partial charge is 0.223 e. The van der Waals surface area contributed by atoms with E-state index in [4.69, 9.17) is 11.6 Å². The molecule has 0 spiro atoms.